The lowest BCUT2D eigenvalue weighted by molar-refractivity contribution is -0.135. The second-order valence-corrected chi connectivity index (χ2v) is 10.5. The van der Waals surface area contributed by atoms with Crippen molar-refractivity contribution in [3.63, 3.8) is 0 Å². The third-order valence-electron chi connectivity index (χ3n) is 5.46. The molecule has 2 aromatic rings. The van der Waals surface area contributed by atoms with Crippen LogP contribution in [0, 0.1) is 5.92 Å². The fourth-order valence-electron chi connectivity index (χ4n) is 3.80. The molecule has 1 aliphatic rings. The van der Waals surface area contributed by atoms with Gasteiger partial charge in [-0.3, -0.25) is 4.79 Å². The summed E-state index contributed by atoms with van der Waals surface area (Å²) in [5.74, 6) is 0.0372. The second kappa shape index (κ2) is 10.2. The third-order valence-corrected chi connectivity index (χ3v) is 7.84. The summed E-state index contributed by atoms with van der Waals surface area (Å²) >= 11 is 12.1. The van der Waals surface area contributed by atoms with Crippen molar-refractivity contribution in [2.45, 2.75) is 25.1 Å². The highest BCUT2D eigenvalue weighted by Crippen LogP contribution is 2.27. The van der Waals surface area contributed by atoms with Crippen LogP contribution in [0.2, 0.25) is 10.0 Å². The Labute approximate surface area is 193 Å². The number of para-hydroxylation sites is 1. The predicted molar refractivity (Wildman–Crippen MR) is 123 cm³/mol. The van der Waals surface area contributed by atoms with Gasteiger partial charge in [0.15, 0.2) is 0 Å². The second-order valence-electron chi connectivity index (χ2n) is 7.70. The maximum absolute atomic E-state index is 13.1. The van der Waals surface area contributed by atoms with Crippen molar-refractivity contribution in [2.24, 2.45) is 5.92 Å². The molecule has 31 heavy (non-hydrogen) atoms. The molecular weight excluding hydrogens is 459 g/mol. The zero-order valence-corrected chi connectivity index (χ0v) is 19.9. The number of hydrogen-bond donors (Lipinski definition) is 0. The first-order valence-electron chi connectivity index (χ1n) is 10.00. The molecule has 0 aliphatic carbocycles. The van der Waals surface area contributed by atoms with Crippen molar-refractivity contribution in [1.82, 2.24) is 9.21 Å². The van der Waals surface area contributed by atoms with E-state index in [1.54, 1.807) is 31.2 Å². The highest BCUT2D eigenvalue weighted by Gasteiger charge is 2.34. The van der Waals surface area contributed by atoms with E-state index in [2.05, 4.69) is 0 Å². The Morgan fingerprint density at radius 3 is 2.65 bits per heavy atom. The van der Waals surface area contributed by atoms with Crippen LogP contribution < -0.4 is 4.74 Å². The van der Waals surface area contributed by atoms with Crippen LogP contribution in [0.15, 0.2) is 42.5 Å². The molecule has 9 heteroatoms. The molecule has 0 radical (unpaired) electrons. The van der Waals surface area contributed by atoms with Crippen LogP contribution in [-0.2, 0) is 27.1 Å². The van der Waals surface area contributed by atoms with Gasteiger partial charge in [0, 0.05) is 42.3 Å². The number of amides is 1. The SMILES string of the molecule is COc1ccccc1CN(C)C(=O)C1CCCN(S(=O)(=O)Cc2ccc(Cl)cc2Cl)C1. The molecule has 168 valence electrons. The molecule has 0 N–H and O–H groups in total. The molecule has 1 amide bonds. The van der Waals surface area contributed by atoms with E-state index in [-0.39, 0.29) is 24.1 Å². The summed E-state index contributed by atoms with van der Waals surface area (Å²) in [6.45, 7) is 0.961. The number of carbonyl (C=O) groups is 1. The summed E-state index contributed by atoms with van der Waals surface area (Å²) in [4.78, 5) is 14.7. The van der Waals surface area contributed by atoms with E-state index >= 15 is 0 Å². The Hall–Kier alpha value is -1.80. The Kier molecular flexibility index (Phi) is 7.86. The third kappa shape index (κ3) is 5.92. The summed E-state index contributed by atoms with van der Waals surface area (Å²) in [6, 6.07) is 12.3. The summed E-state index contributed by atoms with van der Waals surface area (Å²) in [5.41, 5.74) is 1.39. The van der Waals surface area contributed by atoms with Crippen molar-refractivity contribution in [1.29, 1.82) is 0 Å². The smallest absolute Gasteiger partial charge is 0.227 e. The van der Waals surface area contributed by atoms with E-state index in [9.17, 15) is 13.2 Å². The molecule has 1 atom stereocenters. The minimum atomic E-state index is -3.62. The van der Waals surface area contributed by atoms with Crippen molar-refractivity contribution in [3.8, 4) is 5.75 Å². The van der Waals surface area contributed by atoms with Crippen molar-refractivity contribution < 1.29 is 17.9 Å². The summed E-state index contributed by atoms with van der Waals surface area (Å²) in [5, 5.41) is 0.769. The number of nitrogens with zero attached hydrogens (tertiary/aromatic N) is 2. The van der Waals surface area contributed by atoms with Crippen LogP contribution in [0.25, 0.3) is 0 Å². The molecule has 1 fully saturated rings. The minimum absolute atomic E-state index is 0.0738. The number of rotatable bonds is 7. The zero-order valence-electron chi connectivity index (χ0n) is 17.6. The summed E-state index contributed by atoms with van der Waals surface area (Å²) in [7, 11) is -0.292. The van der Waals surface area contributed by atoms with Gasteiger partial charge in [-0.2, -0.15) is 0 Å². The van der Waals surface area contributed by atoms with Crippen LogP contribution in [0.1, 0.15) is 24.0 Å². The normalized spacial score (nSPS) is 17.4. The van der Waals surface area contributed by atoms with Crippen LogP contribution in [-0.4, -0.2) is 50.8 Å². The molecule has 3 rings (SSSR count). The molecule has 6 nitrogen and oxygen atoms in total. The van der Waals surface area contributed by atoms with Gasteiger partial charge in [-0.25, -0.2) is 12.7 Å². The molecule has 0 spiro atoms. The average Bonchev–Trinajstić information content (AvgIpc) is 2.75. The van der Waals surface area contributed by atoms with Gasteiger partial charge in [0.2, 0.25) is 15.9 Å². The summed E-state index contributed by atoms with van der Waals surface area (Å²) < 4.78 is 32.8. The van der Waals surface area contributed by atoms with E-state index in [4.69, 9.17) is 27.9 Å². The standard InChI is InChI=1S/C22H26Cl2N2O4S/c1-25(13-16-6-3-4-8-21(16)30-2)22(27)17-7-5-11-26(14-17)31(28,29)15-18-9-10-19(23)12-20(18)24/h3-4,6,8-10,12,17H,5,7,11,13-15H2,1-2H3. The zero-order chi connectivity index (χ0) is 22.6. The number of sulfonamides is 1. The van der Waals surface area contributed by atoms with E-state index in [0.717, 1.165) is 11.3 Å². The fourth-order valence-corrected chi connectivity index (χ4v) is 6.00. The molecule has 1 saturated heterocycles. The Morgan fingerprint density at radius 1 is 1.19 bits per heavy atom. The molecule has 1 unspecified atom stereocenters. The van der Waals surface area contributed by atoms with Crippen LogP contribution in [0.4, 0.5) is 0 Å². The van der Waals surface area contributed by atoms with Gasteiger partial charge < -0.3 is 9.64 Å². The first-order valence-corrected chi connectivity index (χ1v) is 12.4. The largest absolute Gasteiger partial charge is 0.496 e. The van der Waals surface area contributed by atoms with Crippen LogP contribution in [0.3, 0.4) is 0 Å². The number of benzene rings is 2. The lowest BCUT2D eigenvalue weighted by Gasteiger charge is -2.33. The molecule has 0 saturated carbocycles. The van der Waals surface area contributed by atoms with E-state index in [1.165, 1.54) is 10.4 Å². The van der Waals surface area contributed by atoms with Gasteiger partial charge in [0.05, 0.1) is 18.8 Å². The lowest BCUT2D eigenvalue weighted by Crippen LogP contribution is -2.46. The molecule has 1 aliphatic heterocycles. The Morgan fingerprint density at radius 2 is 1.94 bits per heavy atom. The molecular formula is C22H26Cl2N2O4S. The molecule has 0 aromatic heterocycles. The van der Waals surface area contributed by atoms with Gasteiger partial charge in [-0.05, 0) is 36.6 Å². The van der Waals surface area contributed by atoms with E-state index < -0.39 is 10.0 Å². The highest BCUT2D eigenvalue weighted by atomic mass is 35.5. The van der Waals surface area contributed by atoms with Gasteiger partial charge in [0.25, 0.3) is 0 Å². The molecule has 1 heterocycles. The topological polar surface area (TPSA) is 66.9 Å². The number of carbonyl (C=O) groups excluding carboxylic acids is 1. The van der Waals surface area contributed by atoms with Crippen LogP contribution >= 0.6 is 23.2 Å². The van der Waals surface area contributed by atoms with Gasteiger partial charge in [0.1, 0.15) is 5.75 Å². The van der Waals surface area contributed by atoms with E-state index in [1.807, 2.05) is 24.3 Å². The number of ether oxygens (including phenoxy) is 1. The maximum atomic E-state index is 13.1. The van der Waals surface area contributed by atoms with Crippen LogP contribution in [0.5, 0.6) is 5.75 Å². The average molecular weight is 485 g/mol. The monoisotopic (exact) mass is 484 g/mol. The number of halogens is 2. The van der Waals surface area contributed by atoms with Gasteiger partial charge >= 0.3 is 0 Å². The number of methoxy groups -OCH3 is 1. The minimum Gasteiger partial charge on any atom is -0.496 e. The molecule has 0 bridgehead atoms. The summed E-state index contributed by atoms with van der Waals surface area (Å²) in [6.07, 6.45) is 1.29. The van der Waals surface area contributed by atoms with E-state index in [0.29, 0.717) is 41.5 Å². The van der Waals surface area contributed by atoms with Gasteiger partial charge in [-0.1, -0.05) is 47.5 Å². The predicted octanol–water partition coefficient (Wildman–Crippen LogP) is 4.20. The van der Waals surface area contributed by atoms with Gasteiger partial charge in [-0.15, -0.1) is 0 Å². The van der Waals surface area contributed by atoms with Crippen molar-refractivity contribution in [2.75, 3.05) is 27.2 Å². The van der Waals surface area contributed by atoms with Crippen molar-refractivity contribution in [3.05, 3.63) is 63.6 Å². The quantitative estimate of drug-likeness (QED) is 0.590. The first kappa shape index (κ1) is 23.9. The van der Waals surface area contributed by atoms with Crippen molar-refractivity contribution >= 4 is 39.1 Å². The Bertz CT molecular complexity index is 1050. The Balaban J connectivity index is 1.68. The maximum Gasteiger partial charge on any atom is 0.227 e. The number of hydrogen-bond acceptors (Lipinski definition) is 4. The fraction of sp³-hybridized carbons (Fsp3) is 0.409. The lowest BCUT2D eigenvalue weighted by atomic mass is 9.98. The number of piperidine rings is 1. The highest BCUT2D eigenvalue weighted by molar-refractivity contribution is 7.88. The molecule has 2 aromatic carbocycles. The first-order chi connectivity index (χ1) is 14.7.